The summed E-state index contributed by atoms with van der Waals surface area (Å²) in [5.41, 5.74) is 4.96. The number of nitrogens with one attached hydrogen (secondary N) is 2. The molecular formula is C13H23N3O3. The van der Waals surface area contributed by atoms with Crippen LogP contribution in [-0.2, 0) is 9.53 Å². The minimum absolute atomic E-state index is 0.0430. The van der Waals surface area contributed by atoms with Crippen molar-refractivity contribution in [3.05, 3.63) is 12.7 Å². The van der Waals surface area contributed by atoms with Crippen LogP contribution in [0.2, 0.25) is 0 Å². The fourth-order valence-corrected chi connectivity index (χ4v) is 1.84. The van der Waals surface area contributed by atoms with Gasteiger partial charge in [-0.05, 0) is 39.7 Å². The van der Waals surface area contributed by atoms with Gasteiger partial charge < -0.3 is 9.64 Å². The molecule has 1 rings (SSSR count). The van der Waals surface area contributed by atoms with E-state index >= 15 is 0 Å². The standard InChI is InChI=1S/C13H23N3O3/c1-5-11(17)16-8-6-10(7-9-16)14-15-12(18)19-13(2,3)4/h5,10,14H,1,6-9H2,2-4H3,(H,15,18). The third kappa shape index (κ3) is 5.74. The Morgan fingerprint density at radius 1 is 1.32 bits per heavy atom. The topological polar surface area (TPSA) is 70.7 Å². The van der Waals surface area contributed by atoms with Crippen LogP contribution in [0.25, 0.3) is 0 Å². The van der Waals surface area contributed by atoms with E-state index in [1.807, 2.05) is 20.8 Å². The molecule has 1 fully saturated rings. The first kappa shape index (κ1) is 15.5. The largest absolute Gasteiger partial charge is 0.443 e. The molecule has 0 spiro atoms. The fourth-order valence-electron chi connectivity index (χ4n) is 1.84. The summed E-state index contributed by atoms with van der Waals surface area (Å²) in [7, 11) is 0. The van der Waals surface area contributed by atoms with Gasteiger partial charge in [-0.2, -0.15) is 0 Å². The summed E-state index contributed by atoms with van der Waals surface area (Å²) in [5, 5.41) is 0. The first-order chi connectivity index (χ1) is 8.81. The highest BCUT2D eigenvalue weighted by Gasteiger charge is 2.22. The molecule has 0 aromatic rings. The normalized spacial score (nSPS) is 16.9. The number of hydrogen-bond acceptors (Lipinski definition) is 4. The average Bonchev–Trinajstić information content (AvgIpc) is 2.34. The lowest BCUT2D eigenvalue weighted by molar-refractivity contribution is -0.127. The molecule has 0 atom stereocenters. The van der Waals surface area contributed by atoms with E-state index < -0.39 is 11.7 Å². The Hall–Kier alpha value is -1.56. The number of piperidine rings is 1. The van der Waals surface area contributed by atoms with Crippen molar-refractivity contribution in [2.24, 2.45) is 0 Å². The van der Waals surface area contributed by atoms with E-state index in [2.05, 4.69) is 17.4 Å². The monoisotopic (exact) mass is 269 g/mol. The summed E-state index contributed by atoms with van der Waals surface area (Å²) >= 11 is 0. The maximum Gasteiger partial charge on any atom is 0.422 e. The van der Waals surface area contributed by atoms with Crippen molar-refractivity contribution >= 4 is 12.0 Å². The molecule has 2 amide bonds. The number of nitrogens with zero attached hydrogens (tertiary/aromatic N) is 1. The summed E-state index contributed by atoms with van der Waals surface area (Å²) in [5.74, 6) is -0.0430. The zero-order chi connectivity index (χ0) is 14.5. The molecular weight excluding hydrogens is 246 g/mol. The van der Waals surface area contributed by atoms with E-state index in [1.165, 1.54) is 6.08 Å². The van der Waals surface area contributed by atoms with Gasteiger partial charge in [-0.25, -0.2) is 10.2 Å². The smallest absolute Gasteiger partial charge is 0.422 e. The van der Waals surface area contributed by atoms with E-state index in [1.54, 1.807) is 4.90 Å². The van der Waals surface area contributed by atoms with Crippen LogP contribution in [0.1, 0.15) is 33.6 Å². The Balaban J connectivity index is 2.25. The Morgan fingerprint density at radius 2 is 1.89 bits per heavy atom. The highest BCUT2D eigenvalue weighted by Crippen LogP contribution is 2.10. The summed E-state index contributed by atoms with van der Waals surface area (Å²) < 4.78 is 5.12. The lowest BCUT2D eigenvalue weighted by atomic mass is 10.1. The fraction of sp³-hybridized carbons (Fsp3) is 0.692. The predicted octanol–water partition coefficient (Wildman–Crippen LogP) is 1.19. The first-order valence-electron chi connectivity index (χ1n) is 6.47. The molecule has 6 nitrogen and oxygen atoms in total. The van der Waals surface area contributed by atoms with Crippen molar-refractivity contribution in [2.75, 3.05) is 13.1 Å². The van der Waals surface area contributed by atoms with Gasteiger partial charge in [0.05, 0.1) is 0 Å². The molecule has 0 unspecified atom stereocenters. The van der Waals surface area contributed by atoms with Crippen LogP contribution >= 0.6 is 0 Å². The Labute approximate surface area is 114 Å². The van der Waals surface area contributed by atoms with Gasteiger partial charge in [-0.1, -0.05) is 6.58 Å². The first-order valence-corrected chi connectivity index (χ1v) is 6.47. The number of ether oxygens (including phenoxy) is 1. The molecule has 1 heterocycles. The van der Waals surface area contributed by atoms with Gasteiger partial charge >= 0.3 is 6.09 Å². The second kappa shape index (κ2) is 6.56. The molecule has 0 radical (unpaired) electrons. The third-order valence-corrected chi connectivity index (χ3v) is 2.76. The van der Waals surface area contributed by atoms with Crippen LogP contribution in [0.4, 0.5) is 4.79 Å². The second-order valence-corrected chi connectivity index (χ2v) is 5.57. The second-order valence-electron chi connectivity index (χ2n) is 5.57. The van der Waals surface area contributed by atoms with E-state index in [0.29, 0.717) is 13.1 Å². The van der Waals surface area contributed by atoms with Gasteiger partial charge in [-0.3, -0.25) is 10.2 Å². The Bertz CT molecular complexity index is 342. The highest BCUT2D eigenvalue weighted by molar-refractivity contribution is 5.87. The van der Waals surface area contributed by atoms with E-state index in [-0.39, 0.29) is 11.9 Å². The summed E-state index contributed by atoms with van der Waals surface area (Å²) in [6.45, 7) is 10.2. The summed E-state index contributed by atoms with van der Waals surface area (Å²) in [6, 6.07) is 0.154. The maximum absolute atomic E-state index is 11.4. The zero-order valence-corrected chi connectivity index (χ0v) is 11.9. The third-order valence-electron chi connectivity index (χ3n) is 2.76. The minimum atomic E-state index is -0.508. The Kier molecular flexibility index (Phi) is 5.35. The van der Waals surface area contributed by atoms with E-state index in [0.717, 1.165) is 12.8 Å². The van der Waals surface area contributed by atoms with Gasteiger partial charge in [0.1, 0.15) is 5.60 Å². The number of hydrazine groups is 1. The average molecular weight is 269 g/mol. The highest BCUT2D eigenvalue weighted by atomic mass is 16.6. The molecule has 108 valence electrons. The van der Waals surface area contributed by atoms with Gasteiger partial charge in [0.2, 0.25) is 5.91 Å². The van der Waals surface area contributed by atoms with E-state index in [4.69, 9.17) is 4.74 Å². The number of amides is 2. The molecule has 1 aliphatic heterocycles. The van der Waals surface area contributed by atoms with Crippen molar-refractivity contribution in [3.63, 3.8) is 0 Å². The minimum Gasteiger partial charge on any atom is -0.443 e. The van der Waals surface area contributed by atoms with Crippen LogP contribution in [0.3, 0.4) is 0 Å². The lowest BCUT2D eigenvalue weighted by Gasteiger charge is -2.32. The quantitative estimate of drug-likeness (QED) is 0.596. The van der Waals surface area contributed by atoms with Gasteiger partial charge in [0.15, 0.2) is 0 Å². The zero-order valence-electron chi connectivity index (χ0n) is 11.9. The molecule has 19 heavy (non-hydrogen) atoms. The van der Waals surface area contributed by atoms with Crippen LogP contribution < -0.4 is 10.9 Å². The van der Waals surface area contributed by atoms with Crippen molar-refractivity contribution in [2.45, 2.75) is 45.3 Å². The van der Waals surface area contributed by atoms with E-state index in [9.17, 15) is 9.59 Å². The summed E-state index contributed by atoms with van der Waals surface area (Å²) in [4.78, 5) is 24.6. The van der Waals surface area contributed by atoms with Crippen LogP contribution in [-0.4, -0.2) is 41.6 Å². The number of rotatable bonds is 3. The number of hydrogen-bond donors (Lipinski definition) is 2. The molecule has 0 aliphatic carbocycles. The van der Waals surface area contributed by atoms with Crippen LogP contribution in [0.15, 0.2) is 12.7 Å². The van der Waals surface area contributed by atoms with Crippen molar-refractivity contribution < 1.29 is 14.3 Å². The number of carbonyl (C=O) groups is 2. The molecule has 2 N–H and O–H groups in total. The molecule has 6 heteroatoms. The molecule has 1 saturated heterocycles. The lowest BCUT2D eigenvalue weighted by Crippen LogP contribution is -2.51. The molecule has 0 saturated carbocycles. The maximum atomic E-state index is 11.4. The van der Waals surface area contributed by atoms with Crippen LogP contribution in [0.5, 0.6) is 0 Å². The number of carbonyl (C=O) groups excluding carboxylic acids is 2. The van der Waals surface area contributed by atoms with Gasteiger partial charge in [-0.15, -0.1) is 0 Å². The van der Waals surface area contributed by atoms with Crippen molar-refractivity contribution in [1.82, 2.24) is 15.8 Å². The van der Waals surface area contributed by atoms with Crippen molar-refractivity contribution in [1.29, 1.82) is 0 Å². The molecule has 0 aromatic carbocycles. The van der Waals surface area contributed by atoms with Crippen molar-refractivity contribution in [3.8, 4) is 0 Å². The predicted molar refractivity (Wildman–Crippen MR) is 72.3 cm³/mol. The molecule has 1 aliphatic rings. The van der Waals surface area contributed by atoms with Gasteiger partial charge in [0, 0.05) is 19.1 Å². The SMILES string of the molecule is C=CC(=O)N1CCC(NNC(=O)OC(C)(C)C)CC1. The summed E-state index contributed by atoms with van der Waals surface area (Å²) in [6.07, 6.45) is 2.41. The molecule has 0 aromatic heterocycles. The van der Waals surface area contributed by atoms with Gasteiger partial charge in [0.25, 0.3) is 0 Å². The van der Waals surface area contributed by atoms with Crippen LogP contribution in [0, 0.1) is 0 Å². The Morgan fingerprint density at radius 3 is 2.37 bits per heavy atom. The molecule has 0 bridgehead atoms. The number of likely N-dealkylation sites (tertiary alicyclic amines) is 1.